The largest absolute Gasteiger partial charge is 0.489 e. The zero-order chi connectivity index (χ0) is 66.9. The fourth-order valence-corrected chi connectivity index (χ4v) is 9.90. The monoisotopic (exact) mass is 1320 g/mol. The van der Waals surface area contributed by atoms with Gasteiger partial charge < -0.3 is 43.3 Å². The van der Waals surface area contributed by atoms with Crippen LogP contribution in [0, 0.1) is 6.92 Å². The fourth-order valence-electron chi connectivity index (χ4n) is 8.47. The number of esters is 1. The number of hydrogen-bond donors (Lipinski definition) is 4. The minimum atomic E-state index is -4.84. The number of aromatic nitrogens is 3. The summed E-state index contributed by atoms with van der Waals surface area (Å²) in [6, 6.07) is 19.8. The lowest BCUT2D eigenvalue weighted by atomic mass is 10.0. The maximum absolute atomic E-state index is 13.1. The summed E-state index contributed by atoms with van der Waals surface area (Å²) >= 11 is 5.76. The highest BCUT2D eigenvalue weighted by Crippen LogP contribution is 2.43. The molecule has 2 heterocycles. The van der Waals surface area contributed by atoms with Crippen molar-refractivity contribution < 1.29 is 96.9 Å². The van der Waals surface area contributed by atoms with Crippen LogP contribution in [0.5, 0.6) is 11.5 Å². The second-order valence-corrected chi connectivity index (χ2v) is 23.8. The lowest BCUT2D eigenvalue weighted by Gasteiger charge is -2.31. The van der Waals surface area contributed by atoms with Crippen LogP contribution in [0.15, 0.2) is 110 Å². The van der Waals surface area contributed by atoms with E-state index >= 15 is 0 Å². The lowest BCUT2D eigenvalue weighted by Crippen LogP contribution is -2.43. The molecule has 7 rings (SSSR count). The van der Waals surface area contributed by atoms with Gasteiger partial charge in [0.2, 0.25) is 5.91 Å². The van der Waals surface area contributed by atoms with Gasteiger partial charge in [-0.3, -0.25) is 33.6 Å². The average Bonchev–Trinajstić information content (AvgIpc) is 1.80. The first-order chi connectivity index (χ1) is 41.5. The summed E-state index contributed by atoms with van der Waals surface area (Å²) in [6.45, 7) is 9.75. The summed E-state index contributed by atoms with van der Waals surface area (Å²) in [5.41, 5.74) is 0.0378. The quantitative estimate of drug-likeness (QED) is 0.0162. The molecule has 2 unspecified atom stereocenters. The Labute approximate surface area is 512 Å². The summed E-state index contributed by atoms with van der Waals surface area (Å²) in [6.07, 6.45) is -5.77. The lowest BCUT2D eigenvalue weighted by molar-refractivity contribution is -0.148. The Morgan fingerprint density at radius 3 is 2.08 bits per heavy atom. The second-order valence-electron chi connectivity index (χ2n) is 19.9. The number of nitrogens with one attached hydrogen (secondary N) is 1. The number of rotatable bonds is 22. The van der Waals surface area contributed by atoms with E-state index in [0.29, 0.717) is 56.8 Å². The van der Waals surface area contributed by atoms with E-state index in [-0.39, 0.29) is 47.2 Å². The van der Waals surface area contributed by atoms with Crippen LogP contribution in [0.1, 0.15) is 102 Å². The number of carbonyl (C=O) groups is 4. The van der Waals surface area contributed by atoms with E-state index in [0.717, 1.165) is 67.4 Å². The van der Waals surface area contributed by atoms with E-state index in [1.807, 2.05) is 51.1 Å². The maximum atomic E-state index is 13.1. The highest BCUT2D eigenvalue weighted by atomic mass is 35.5. The number of nitrogens with zero attached hydrogens (tertiary/aromatic N) is 4. The molecule has 2 aromatic heterocycles. The van der Waals surface area contributed by atoms with Crippen LogP contribution >= 0.6 is 19.2 Å². The van der Waals surface area contributed by atoms with Crippen molar-refractivity contribution in [3.05, 3.63) is 162 Å². The summed E-state index contributed by atoms with van der Waals surface area (Å²) in [4.78, 5) is 88.6. The highest BCUT2D eigenvalue weighted by molar-refractivity contribution is 7.90. The van der Waals surface area contributed by atoms with Crippen LogP contribution < -0.4 is 30.9 Å². The number of aliphatic carboxylic acids is 1. The van der Waals surface area contributed by atoms with Gasteiger partial charge in [-0.05, 0) is 112 Å². The van der Waals surface area contributed by atoms with Crippen molar-refractivity contribution in [3.63, 3.8) is 0 Å². The number of ether oxygens (including phenoxy) is 4. The standard InChI is InChI=1S/C25H25F3N2O6.C15H22ClNO2.C15H12F3NO4S.C3H8NO5P/c1-5-16-6-7-17(20(12-16)36-15(2)23(32)34-4)14-35-19-10-8-18(9-11-19)30-22(31)13-21(25(26,27)28)29(3)24(30)33;1-5-13-8-6-7-11(2)15(13)17(14(18)9-16)12(3)10-19-4;1-24(21,22)12-6-9(15(16,17)18)4-5-10(12)13(20)11-7-19-23-14(11)8-2-3-8;5-3(6)1-4-2-10(7,8)9/h6-13,15H,5,14H2,1-4H3;6-8,12H,5,9-10H2,1-4H3;4-8H,2-3H2,1H3;4H,1-2H2,(H,5,6)(H2,7,8,9). The molecule has 6 aromatic rings. The number of para-hydroxylation sites is 1. The van der Waals surface area contributed by atoms with Crippen LogP contribution in [-0.4, -0.2) is 119 Å². The van der Waals surface area contributed by atoms with Gasteiger partial charge in [0.15, 0.2) is 27.5 Å². The molecule has 0 aliphatic heterocycles. The number of hydrogen-bond acceptors (Lipinski definition) is 16. The highest BCUT2D eigenvalue weighted by Gasteiger charge is 2.37. The number of aryl methyl sites for hydroxylation is 3. The van der Waals surface area contributed by atoms with Gasteiger partial charge in [0.25, 0.3) is 5.56 Å². The van der Waals surface area contributed by atoms with Crippen LogP contribution in [0.4, 0.5) is 32.0 Å². The van der Waals surface area contributed by atoms with Gasteiger partial charge in [0.05, 0.1) is 66.2 Å². The number of sulfone groups is 1. The Balaban J connectivity index is 0.000000276. The fraction of sp³-hybridized carbons (Fsp3) is 0.397. The van der Waals surface area contributed by atoms with E-state index in [9.17, 15) is 68.1 Å². The molecule has 0 bridgehead atoms. The number of carboxylic acid groups (broad SMARTS) is 1. The number of halogens is 7. The number of amides is 1. The average molecular weight is 1320 g/mol. The van der Waals surface area contributed by atoms with Crippen molar-refractivity contribution in [3.8, 4) is 17.2 Å². The minimum Gasteiger partial charge on any atom is -0.489 e. The summed E-state index contributed by atoms with van der Waals surface area (Å²) in [5, 5.41) is 13.6. The summed E-state index contributed by atoms with van der Waals surface area (Å²) in [5.74, 6) is -1.27. The Bertz CT molecular complexity index is 3740. The van der Waals surface area contributed by atoms with Gasteiger partial charge in [0, 0.05) is 43.5 Å². The third-order valence-corrected chi connectivity index (χ3v) is 15.0. The summed E-state index contributed by atoms with van der Waals surface area (Å²) in [7, 11) is -4.28. The molecule has 0 spiro atoms. The van der Waals surface area contributed by atoms with Crippen molar-refractivity contribution in [2.24, 2.45) is 7.05 Å². The van der Waals surface area contributed by atoms with Crippen molar-refractivity contribution >= 4 is 58.4 Å². The number of ketones is 1. The number of carbonyl (C=O) groups excluding carboxylic acids is 3. The number of benzene rings is 4. The second kappa shape index (κ2) is 32.2. The van der Waals surface area contributed by atoms with E-state index in [1.54, 1.807) is 18.9 Å². The van der Waals surface area contributed by atoms with E-state index in [4.69, 9.17) is 50.0 Å². The zero-order valence-electron chi connectivity index (χ0n) is 49.6. The molecule has 89 heavy (non-hydrogen) atoms. The van der Waals surface area contributed by atoms with Crippen LogP contribution in [0.2, 0.25) is 0 Å². The van der Waals surface area contributed by atoms with E-state index in [2.05, 4.69) is 23.5 Å². The Kier molecular flexibility index (Phi) is 26.7. The van der Waals surface area contributed by atoms with Gasteiger partial charge in [-0.25, -0.2) is 22.6 Å². The third kappa shape index (κ3) is 21.2. The molecule has 2 atom stereocenters. The van der Waals surface area contributed by atoms with E-state index < -0.39 is 93.8 Å². The molecule has 1 aliphatic carbocycles. The molecule has 486 valence electrons. The first-order valence-electron chi connectivity index (χ1n) is 26.9. The van der Waals surface area contributed by atoms with Gasteiger partial charge in [-0.1, -0.05) is 49.3 Å². The van der Waals surface area contributed by atoms with Gasteiger partial charge in [0.1, 0.15) is 29.7 Å². The third-order valence-electron chi connectivity index (χ3n) is 13.0. The van der Waals surface area contributed by atoms with Gasteiger partial charge in [-0.2, -0.15) is 26.3 Å². The molecule has 1 fully saturated rings. The van der Waals surface area contributed by atoms with Crippen molar-refractivity contribution in [1.82, 2.24) is 19.6 Å². The Hall–Kier alpha value is -7.66. The molecular weight excluding hydrogens is 1250 g/mol. The predicted octanol–water partition coefficient (Wildman–Crippen LogP) is 8.80. The smallest absolute Gasteiger partial charge is 0.431 e. The molecule has 31 heteroatoms. The number of alkyl halides is 7. The SMILES string of the molecule is CCc1ccc(COc2ccc(-n3c(=O)cc(C(F)(F)F)n(C)c3=O)cc2)c(OC(C)C(=O)OC)c1.CCc1cccc(C)c1N(C(=O)CCl)C(C)COC.CS(=O)(=O)c1cc(C(F)(F)F)ccc1C(=O)c1cnoc1C1CC1.O=C(O)CNCP(=O)(O)O. The Morgan fingerprint density at radius 1 is 0.899 bits per heavy atom. The molecule has 4 N–H and O–H groups in total. The zero-order valence-corrected chi connectivity index (χ0v) is 52.1. The summed E-state index contributed by atoms with van der Waals surface area (Å²) < 4.78 is 139. The van der Waals surface area contributed by atoms with Crippen molar-refractivity contribution in [1.29, 1.82) is 0 Å². The number of anilines is 1. The predicted molar refractivity (Wildman–Crippen MR) is 314 cm³/mol. The molecule has 1 amide bonds. The topological polar surface area (TPSA) is 302 Å². The molecule has 0 radical (unpaired) electrons. The maximum Gasteiger partial charge on any atom is 0.431 e. The van der Waals surface area contributed by atoms with Gasteiger partial charge >= 0.3 is 37.6 Å². The molecular formula is C58H67ClF6N5O17PS. The molecule has 4 aromatic carbocycles. The molecule has 22 nitrogen and oxygen atoms in total. The van der Waals surface area contributed by atoms with Gasteiger partial charge in [-0.15, -0.1) is 11.6 Å². The number of carboxylic acids is 1. The first-order valence-corrected chi connectivity index (χ1v) is 31.1. The van der Waals surface area contributed by atoms with Crippen LogP contribution in [0.3, 0.4) is 0 Å². The normalized spacial score (nSPS) is 13.0. The van der Waals surface area contributed by atoms with Crippen LogP contribution in [-0.2, 0) is 77.1 Å². The van der Waals surface area contributed by atoms with Crippen LogP contribution in [0.25, 0.3) is 5.69 Å². The van der Waals surface area contributed by atoms with Crippen molar-refractivity contribution in [2.45, 2.75) is 102 Å². The minimum absolute atomic E-state index is 0.0223. The Morgan fingerprint density at radius 2 is 1.55 bits per heavy atom. The number of methoxy groups -OCH3 is 2. The molecule has 1 saturated carbocycles. The first kappa shape index (κ1) is 73.8. The molecule has 0 saturated heterocycles. The van der Waals surface area contributed by atoms with Crippen molar-refractivity contribution in [2.75, 3.05) is 50.7 Å². The van der Waals surface area contributed by atoms with E-state index in [1.165, 1.54) is 37.6 Å². The molecule has 1 aliphatic rings.